The van der Waals surface area contributed by atoms with Gasteiger partial charge in [0.15, 0.2) is 12.1 Å². The molecular weight excluding hydrogens is 346 g/mol. The van der Waals surface area contributed by atoms with Gasteiger partial charge in [-0.3, -0.25) is 9.71 Å². The second kappa shape index (κ2) is 6.91. The van der Waals surface area contributed by atoms with E-state index in [1.165, 1.54) is 0 Å². The number of aliphatic hydroxyl groups is 1. The monoisotopic (exact) mass is 364 g/mol. The Hall–Kier alpha value is -2.92. The zero-order chi connectivity index (χ0) is 17.9. The molecule has 25 heavy (non-hydrogen) atoms. The van der Waals surface area contributed by atoms with Crippen molar-refractivity contribution >= 4 is 44.3 Å². The summed E-state index contributed by atoms with van der Waals surface area (Å²) >= 11 is 0. The molecule has 2 heterocycles. The number of nitrogens with one attached hydrogen (secondary N) is 5. The summed E-state index contributed by atoms with van der Waals surface area (Å²) in [6, 6.07) is 6.76. The van der Waals surface area contributed by atoms with Crippen molar-refractivity contribution in [1.82, 2.24) is 15.0 Å². The van der Waals surface area contributed by atoms with Crippen LogP contribution in [0.1, 0.15) is 0 Å². The van der Waals surface area contributed by atoms with Crippen LogP contribution >= 0.6 is 0 Å². The Morgan fingerprint density at radius 1 is 1.28 bits per heavy atom. The summed E-state index contributed by atoms with van der Waals surface area (Å²) in [6.07, 6.45) is 2.72. The highest BCUT2D eigenvalue weighted by molar-refractivity contribution is 7.92. The summed E-state index contributed by atoms with van der Waals surface area (Å²) in [7, 11) is -3.36. The molecule has 10 nitrogen and oxygen atoms in total. The van der Waals surface area contributed by atoms with Crippen LogP contribution in [0, 0.1) is 0 Å². The molecule has 1 aromatic carbocycles. The summed E-state index contributed by atoms with van der Waals surface area (Å²) in [5.74, 6) is 0.855. The number of sulfonamides is 1. The number of hydrogen-bond donors (Lipinski definition) is 5. The van der Waals surface area contributed by atoms with Crippen LogP contribution in [0.5, 0.6) is 0 Å². The molecular formula is C14H18N7O3S+. The molecule has 3 rings (SSSR count). The Balaban J connectivity index is 1.88. The molecule has 2 aromatic heterocycles. The molecule has 0 fully saturated rings. The van der Waals surface area contributed by atoms with Gasteiger partial charge in [-0.2, -0.15) is 4.98 Å². The minimum absolute atomic E-state index is 0.0299. The van der Waals surface area contributed by atoms with Crippen molar-refractivity contribution in [3.8, 4) is 0 Å². The first-order valence-electron chi connectivity index (χ1n) is 7.41. The van der Waals surface area contributed by atoms with E-state index in [1.54, 1.807) is 30.6 Å². The number of hydrogen-bond acceptors (Lipinski definition) is 7. The molecule has 0 spiro atoms. The number of aromatic amines is 2. The van der Waals surface area contributed by atoms with Gasteiger partial charge in [-0.1, -0.05) is 11.1 Å². The zero-order valence-electron chi connectivity index (χ0n) is 13.4. The highest BCUT2D eigenvalue weighted by atomic mass is 32.2. The fourth-order valence-corrected chi connectivity index (χ4v) is 2.80. The van der Waals surface area contributed by atoms with Crippen LogP contribution in [-0.2, 0) is 10.0 Å². The molecule has 0 unspecified atom stereocenters. The van der Waals surface area contributed by atoms with Crippen molar-refractivity contribution in [1.29, 1.82) is 0 Å². The molecule has 3 aromatic rings. The molecule has 0 atom stereocenters. The third-order valence-corrected chi connectivity index (χ3v) is 3.77. The summed E-state index contributed by atoms with van der Waals surface area (Å²) in [6.45, 7) is 0.316. The van der Waals surface area contributed by atoms with E-state index in [1.807, 2.05) is 0 Å². The topological polar surface area (TPSA) is 146 Å². The van der Waals surface area contributed by atoms with E-state index in [2.05, 4.69) is 35.3 Å². The first-order chi connectivity index (χ1) is 11.9. The van der Waals surface area contributed by atoms with Crippen LogP contribution in [0.2, 0.25) is 0 Å². The molecule has 0 radical (unpaired) electrons. The van der Waals surface area contributed by atoms with Gasteiger partial charge in [0.05, 0.1) is 18.6 Å². The average molecular weight is 364 g/mol. The first-order valence-corrected chi connectivity index (χ1v) is 9.30. The second-order valence-corrected chi connectivity index (χ2v) is 7.03. The normalized spacial score (nSPS) is 11.4. The zero-order valence-corrected chi connectivity index (χ0v) is 14.2. The van der Waals surface area contributed by atoms with Crippen LogP contribution in [0.15, 0.2) is 30.6 Å². The lowest BCUT2D eigenvalue weighted by molar-refractivity contribution is -0.347. The minimum Gasteiger partial charge on any atom is -0.395 e. The maximum absolute atomic E-state index is 11.3. The summed E-state index contributed by atoms with van der Waals surface area (Å²) in [5.41, 5.74) is 2.33. The number of H-pyrrole nitrogens is 2. The van der Waals surface area contributed by atoms with Gasteiger partial charge in [0, 0.05) is 12.2 Å². The van der Waals surface area contributed by atoms with Crippen molar-refractivity contribution < 1.29 is 18.5 Å². The van der Waals surface area contributed by atoms with E-state index in [9.17, 15) is 8.42 Å². The second-order valence-electron chi connectivity index (χ2n) is 5.28. The Kier molecular flexibility index (Phi) is 4.67. The van der Waals surface area contributed by atoms with Crippen LogP contribution in [0.3, 0.4) is 0 Å². The molecule has 11 heteroatoms. The number of nitrogens with zero attached hydrogens (tertiary/aromatic N) is 2. The molecule has 0 aliphatic carbocycles. The van der Waals surface area contributed by atoms with E-state index in [0.29, 0.717) is 40.8 Å². The van der Waals surface area contributed by atoms with Gasteiger partial charge in [0.1, 0.15) is 0 Å². The van der Waals surface area contributed by atoms with Crippen LogP contribution in [0.4, 0.5) is 23.1 Å². The summed E-state index contributed by atoms with van der Waals surface area (Å²) < 4.78 is 25.1. The maximum atomic E-state index is 11.3. The fraction of sp³-hybridized carbons (Fsp3) is 0.214. The summed E-state index contributed by atoms with van der Waals surface area (Å²) in [5, 5.41) is 15.0. The van der Waals surface area contributed by atoms with E-state index in [0.717, 1.165) is 6.26 Å². The van der Waals surface area contributed by atoms with Crippen molar-refractivity contribution in [2.75, 3.05) is 34.8 Å². The Labute approximate surface area is 143 Å². The van der Waals surface area contributed by atoms with E-state index < -0.39 is 10.0 Å². The molecule has 0 bridgehead atoms. The number of aliphatic hydroxyl groups excluding tert-OH is 1. The highest BCUT2D eigenvalue weighted by Crippen LogP contribution is 2.22. The molecule has 0 aliphatic rings. The predicted molar refractivity (Wildman–Crippen MR) is 94.2 cm³/mol. The van der Waals surface area contributed by atoms with Gasteiger partial charge in [-0.25, -0.2) is 13.4 Å². The van der Waals surface area contributed by atoms with Gasteiger partial charge in [-0.15, -0.1) is 0 Å². The van der Waals surface area contributed by atoms with E-state index in [-0.39, 0.29) is 6.61 Å². The van der Waals surface area contributed by atoms with Crippen molar-refractivity contribution in [3.63, 3.8) is 0 Å². The highest BCUT2D eigenvalue weighted by Gasteiger charge is 2.16. The van der Waals surface area contributed by atoms with Crippen molar-refractivity contribution in [2.24, 2.45) is 0 Å². The fourth-order valence-electron chi connectivity index (χ4n) is 2.24. The number of fused-ring (bicyclic) bond motifs is 1. The van der Waals surface area contributed by atoms with Gasteiger partial charge < -0.3 is 15.7 Å². The van der Waals surface area contributed by atoms with E-state index >= 15 is 0 Å². The van der Waals surface area contributed by atoms with Gasteiger partial charge >= 0.3 is 11.6 Å². The molecule has 0 saturated carbocycles. The number of imidazole rings is 1. The third kappa shape index (κ3) is 4.33. The van der Waals surface area contributed by atoms with E-state index in [4.69, 9.17) is 5.11 Å². The number of rotatable bonds is 7. The quantitative estimate of drug-likeness (QED) is 0.405. The van der Waals surface area contributed by atoms with Crippen LogP contribution < -0.4 is 20.3 Å². The number of anilines is 4. The molecule has 0 aliphatic heterocycles. The number of aromatic nitrogens is 4. The largest absolute Gasteiger partial charge is 0.395 e. The predicted octanol–water partition coefficient (Wildman–Crippen LogP) is 0.291. The van der Waals surface area contributed by atoms with Crippen LogP contribution in [-0.4, -0.2) is 47.9 Å². The first kappa shape index (κ1) is 16.9. The molecule has 0 amide bonds. The molecule has 6 N–H and O–H groups in total. The Bertz CT molecular complexity index is 987. The molecule has 0 saturated heterocycles. The SMILES string of the molecule is CS(=O)(=O)Nc1cccc(Nc2nc(NCCO)c3[nH]c[nH+]c3n2)c1. The average Bonchev–Trinajstić information content (AvgIpc) is 3.00. The van der Waals surface area contributed by atoms with Gasteiger partial charge in [0.2, 0.25) is 15.5 Å². The molecule has 132 valence electrons. The van der Waals surface area contributed by atoms with Gasteiger partial charge in [0.25, 0.3) is 0 Å². The summed E-state index contributed by atoms with van der Waals surface area (Å²) in [4.78, 5) is 14.7. The van der Waals surface area contributed by atoms with Crippen molar-refractivity contribution in [2.45, 2.75) is 0 Å². The van der Waals surface area contributed by atoms with Crippen LogP contribution in [0.25, 0.3) is 11.2 Å². The lowest BCUT2D eigenvalue weighted by Gasteiger charge is -2.08. The Morgan fingerprint density at radius 3 is 2.84 bits per heavy atom. The van der Waals surface area contributed by atoms with Gasteiger partial charge in [-0.05, 0) is 18.2 Å². The number of benzene rings is 1. The van der Waals surface area contributed by atoms with Crippen molar-refractivity contribution in [3.05, 3.63) is 30.6 Å². The Morgan fingerprint density at radius 2 is 2.08 bits per heavy atom. The minimum atomic E-state index is -3.36. The standard InChI is InChI=1S/C14H17N7O3S/c1-25(23,24)21-10-4-2-3-9(7-10)18-14-19-12(15-5-6-22)11-13(20-14)17-8-16-11/h2-4,7-8,21-22H,5-6H2,1H3,(H3,15,16,17,18,19,20)/p+1. The lowest BCUT2D eigenvalue weighted by atomic mass is 10.3. The maximum Gasteiger partial charge on any atom is 0.307 e. The lowest BCUT2D eigenvalue weighted by Crippen LogP contribution is -2.11. The smallest absolute Gasteiger partial charge is 0.307 e. The third-order valence-electron chi connectivity index (χ3n) is 3.16.